The minimum atomic E-state index is -1.48. The Balaban J connectivity index is 2.33. The van der Waals surface area contributed by atoms with Gasteiger partial charge in [-0.2, -0.15) is 0 Å². The minimum Gasteiger partial charge on any atom is -0.394 e. The summed E-state index contributed by atoms with van der Waals surface area (Å²) in [4.78, 5) is 0. The molecule has 7 heteroatoms. The van der Waals surface area contributed by atoms with Gasteiger partial charge in [0.1, 0.15) is 36.4 Å². The predicted octanol–water partition coefficient (Wildman–Crippen LogP) is -1.45. The van der Waals surface area contributed by atoms with E-state index in [1.807, 2.05) is 0 Å². The van der Waals surface area contributed by atoms with Gasteiger partial charge in [0.2, 0.25) is 0 Å². The Morgan fingerprint density at radius 3 is 2.29 bits per heavy atom. The number of ether oxygens (including phenoxy) is 1. The lowest BCUT2D eigenvalue weighted by Crippen LogP contribution is -2.61. The largest absolute Gasteiger partial charge is 0.394 e. The van der Waals surface area contributed by atoms with Crippen molar-refractivity contribution in [3.63, 3.8) is 0 Å². The van der Waals surface area contributed by atoms with Gasteiger partial charge in [0, 0.05) is 0 Å². The van der Waals surface area contributed by atoms with Gasteiger partial charge >= 0.3 is 0 Å². The molecule has 21 heavy (non-hydrogen) atoms. The molecule has 0 amide bonds. The molecule has 0 aliphatic carbocycles. The fourth-order valence-corrected chi connectivity index (χ4v) is 2.61. The van der Waals surface area contributed by atoms with Gasteiger partial charge in [-0.15, -0.1) is 0 Å². The zero-order valence-corrected chi connectivity index (χ0v) is 11.3. The molecule has 1 aliphatic rings. The monoisotopic (exact) mass is 296 g/mol. The van der Waals surface area contributed by atoms with Crippen molar-refractivity contribution in [1.82, 2.24) is 0 Å². The number of nitrogens with two attached hydrogens (primary N) is 1. The van der Waals surface area contributed by atoms with Crippen LogP contribution >= 0.6 is 0 Å². The van der Waals surface area contributed by atoms with Crippen molar-refractivity contribution < 1.29 is 25.2 Å². The van der Waals surface area contributed by atoms with Crippen LogP contribution in [0.2, 0.25) is 0 Å². The average molecular weight is 296 g/mol. The van der Waals surface area contributed by atoms with Crippen molar-refractivity contribution in [3.05, 3.63) is 35.9 Å². The summed E-state index contributed by atoms with van der Waals surface area (Å²) in [7, 11) is 0. The van der Waals surface area contributed by atoms with Crippen LogP contribution < -0.4 is 5.73 Å². The molecular formula is C14H20N2O5. The lowest BCUT2D eigenvalue weighted by molar-refractivity contribution is -0.230. The van der Waals surface area contributed by atoms with E-state index in [1.54, 1.807) is 30.3 Å². The molecule has 7 N–H and O–H groups in total. The van der Waals surface area contributed by atoms with Crippen LogP contribution in [0.1, 0.15) is 11.5 Å². The van der Waals surface area contributed by atoms with Gasteiger partial charge in [-0.1, -0.05) is 30.3 Å². The quantitative estimate of drug-likeness (QED) is 0.297. The summed E-state index contributed by atoms with van der Waals surface area (Å²) in [5.41, 5.74) is 6.26. The Labute approximate surface area is 122 Å². The fraction of sp³-hybridized carbons (Fsp3) is 0.500. The first-order valence-electron chi connectivity index (χ1n) is 6.66. The number of amidine groups is 1. The van der Waals surface area contributed by atoms with Gasteiger partial charge in [0.15, 0.2) is 0 Å². The molecule has 1 heterocycles. The molecule has 0 aromatic heterocycles. The maximum absolute atomic E-state index is 10.1. The Bertz CT molecular complexity index is 482. The van der Waals surface area contributed by atoms with Crippen molar-refractivity contribution in [1.29, 1.82) is 5.41 Å². The Hall–Kier alpha value is -1.51. The second kappa shape index (κ2) is 6.50. The standard InChI is InChI=1S/C14H20N2O5/c15-14(16)9(7-4-2-1-3-5-7)13-12(20)11(19)10(18)8(6-17)21-13/h1-5,8-13,17-20H,6H2,(H3,15,16)/t8-,9?,10-,11+,12-,13+/m1/s1. The predicted molar refractivity (Wildman–Crippen MR) is 74.9 cm³/mol. The summed E-state index contributed by atoms with van der Waals surface area (Å²) in [6.07, 6.45) is -6.37. The number of nitrogens with one attached hydrogen (secondary N) is 1. The van der Waals surface area contributed by atoms with Crippen LogP contribution in [0.3, 0.4) is 0 Å². The molecular weight excluding hydrogens is 276 g/mol. The van der Waals surface area contributed by atoms with E-state index in [-0.39, 0.29) is 5.84 Å². The summed E-state index contributed by atoms with van der Waals surface area (Å²) < 4.78 is 5.48. The maximum atomic E-state index is 10.1. The number of rotatable bonds is 4. The van der Waals surface area contributed by atoms with Crippen LogP contribution in [0.4, 0.5) is 0 Å². The molecule has 2 rings (SSSR count). The molecule has 0 bridgehead atoms. The van der Waals surface area contributed by atoms with Gasteiger partial charge in [0.25, 0.3) is 0 Å². The molecule has 0 spiro atoms. The van der Waals surface area contributed by atoms with E-state index >= 15 is 0 Å². The highest BCUT2D eigenvalue weighted by Gasteiger charge is 2.47. The minimum absolute atomic E-state index is 0.231. The molecule has 0 radical (unpaired) electrons. The maximum Gasteiger partial charge on any atom is 0.111 e. The fourth-order valence-electron chi connectivity index (χ4n) is 2.61. The highest BCUT2D eigenvalue weighted by Crippen LogP contribution is 2.31. The van der Waals surface area contributed by atoms with Crippen molar-refractivity contribution in [2.24, 2.45) is 5.73 Å². The third-order valence-electron chi connectivity index (χ3n) is 3.75. The molecule has 1 saturated heterocycles. The Kier molecular flexibility index (Phi) is 4.92. The van der Waals surface area contributed by atoms with Crippen LogP contribution in [0, 0.1) is 5.41 Å². The normalized spacial score (nSPS) is 34.4. The van der Waals surface area contributed by atoms with E-state index in [1.165, 1.54) is 0 Å². The molecule has 0 saturated carbocycles. The number of aliphatic hydroxyl groups is 4. The van der Waals surface area contributed by atoms with E-state index < -0.39 is 43.0 Å². The topological polar surface area (TPSA) is 140 Å². The van der Waals surface area contributed by atoms with Gasteiger partial charge in [0.05, 0.1) is 12.5 Å². The van der Waals surface area contributed by atoms with Crippen LogP contribution in [0.15, 0.2) is 30.3 Å². The molecule has 1 aromatic rings. The van der Waals surface area contributed by atoms with E-state index in [4.69, 9.17) is 15.9 Å². The highest BCUT2D eigenvalue weighted by atomic mass is 16.5. The van der Waals surface area contributed by atoms with Crippen molar-refractivity contribution >= 4 is 5.84 Å². The van der Waals surface area contributed by atoms with E-state index in [0.29, 0.717) is 5.56 Å². The zero-order valence-electron chi connectivity index (χ0n) is 11.3. The van der Waals surface area contributed by atoms with Crippen molar-refractivity contribution in [2.45, 2.75) is 36.4 Å². The number of benzene rings is 1. The van der Waals surface area contributed by atoms with Gasteiger partial charge in [-0.3, -0.25) is 5.41 Å². The first-order chi connectivity index (χ1) is 9.97. The highest BCUT2D eigenvalue weighted by molar-refractivity contribution is 5.85. The summed E-state index contributed by atoms with van der Waals surface area (Å²) >= 11 is 0. The Morgan fingerprint density at radius 1 is 1.14 bits per heavy atom. The molecule has 1 aromatic carbocycles. The SMILES string of the molecule is N=C(N)C(c1ccccc1)[C@@H]1O[C@H](CO)[C@@H](O)[C@H](O)[C@H]1O. The van der Waals surface area contributed by atoms with Crippen LogP contribution in [0.5, 0.6) is 0 Å². The summed E-state index contributed by atoms with van der Waals surface area (Å²) in [5.74, 6) is -1.01. The van der Waals surface area contributed by atoms with Crippen molar-refractivity contribution in [3.8, 4) is 0 Å². The van der Waals surface area contributed by atoms with E-state index in [0.717, 1.165) is 0 Å². The van der Waals surface area contributed by atoms with E-state index in [2.05, 4.69) is 0 Å². The third kappa shape index (κ3) is 3.07. The lowest BCUT2D eigenvalue weighted by atomic mass is 9.83. The number of hydrogen-bond donors (Lipinski definition) is 6. The van der Waals surface area contributed by atoms with E-state index in [9.17, 15) is 20.4 Å². The smallest absolute Gasteiger partial charge is 0.111 e. The second-order valence-corrected chi connectivity index (χ2v) is 5.14. The molecule has 116 valence electrons. The molecule has 1 unspecified atom stereocenters. The molecule has 6 atom stereocenters. The molecule has 7 nitrogen and oxygen atoms in total. The van der Waals surface area contributed by atoms with Crippen LogP contribution in [-0.4, -0.2) is 63.4 Å². The van der Waals surface area contributed by atoms with Crippen LogP contribution in [0.25, 0.3) is 0 Å². The molecule has 1 aliphatic heterocycles. The summed E-state index contributed by atoms with van der Waals surface area (Å²) in [6.45, 7) is -0.513. The van der Waals surface area contributed by atoms with Crippen molar-refractivity contribution in [2.75, 3.05) is 6.61 Å². The van der Waals surface area contributed by atoms with Gasteiger partial charge in [-0.25, -0.2) is 0 Å². The third-order valence-corrected chi connectivity index (χ3v) is 3.75. The number of hydrogen-bond acceptors (Lipinski definition) is 6. The average Bonchev–Trinajstić information content (AvgIpc) is 2.48. The first kappa shape index (κ1) is 15.9. The summed E-state index contributed by atoms with van der Waals surface area (Å²) in [6, 6.07) is 8.78. The number of aliphatic hydroxyl groups excluding tert-OH is 4. The second-order valence-electron chi connectivity index (χ2n) is 5.14. The summed E-state index contributed by atoms with van der Waals surface area (Å²) in [5, 5.41) is 46.7. The van der Waals surface area contributed by atoms with Gasteiger partial charge < -0.3 is 30.9 Å². The lowest BCUT2D eigenvalue weighted by Gasteiger charge is -2.43. The Morgan fingerprint density at radius 2 is 1.76 bits per heavy atom. The zero-order chi connectivity index (χ0) is 15.6. The molecule has 1 fully saturated rings. The van der Waals surface area contributed by atoms with Gasteiger partial charge in [-0.05, 0) is 5.56 Å². The van der Waals surface area contributed by atoms with Crippen LogP contribution in [-0.2, 0) is 4.74 Å². The first-order valence-corrected chi connectivity index (χ1v) is 6.66.